The molecule has 130 valence electrons. The first kappa shape index (κ1) is 16.7. The highest BCUT2D eigenvalue weighted by Crippen LogP contribution is 2.35. The van der Waals surface area contributed by atoms with E-state index >= 15 is 0 Å². The molecule has 0 unspecified atom stereocenters. The monoisotopic (exact) mass is 332 g/mol. The zero-order valence-corrected chi connectivity index (χ0v) is 13.9. The predicted octanol–water partition coefficient (Wildman–Crippen LogP) is 1.58. The normalized spacial score (nSPS) is 25.2. The highest BCUT2D eigenvalue weighted by atomic mass is 16.2. The largest absolute Gasteiger partial charge is 0.336 e. The fourth-order valence-electron chi connectivity index (χ4n) is 4.18. The summed E-state index contributed by atoms with van der Waals surface area (Å²) < 4.78 is 0. The maximum Gasteiger partial charge on any atom is 0.325 e. The van der Waals surface area contributed by atoms with Gasteiger partial charge in [-0.15, -0.1) is 0 Å². The number of carbonyl (C=O) groups is 3. The number of urea groups is 1. The summed E-state index contributed by atoms with van der Waals surface area (Å²) in [7, 11) is 0. The molecule has 2 saturated carbocycles. The summed E-state index contributed by atoms with van der Waals surface area (Å²) in [6, 6.07) is 1.75. The molecule has 1 aliphatic heterocycles. The highest BCUT2D eigenvalue weighted by molar-refractivity contribution is 6.09. The van der Waals surface area contributed by atoms with E-state index in [0.29, 0.717) is 25.7 Å². The topological polar surface area (TPSA) is 102 Å². The summed E-state index contributed by atoms with van der Waals surface area (Å²) in [4.78, 5) is 38.1. The molecular weight excluding hydrogens is 308 g/mol. The van der Waals surface area contributed by atoms with Crippen LogP contribution in [0.4, 0.5) is 4.79 Å². The number of rotatable bonds is 3. The number of hydrogen-bond donors (Lipinski definition) is 2. The molecule has 0 atom stereocenters. The minimum absolute atomic E-state index is 0.299. The van der Waals surface area contributed by atoms with Crippen molar-refractivity contribution in [3.63, 3.8) is 0 Å². The van der Waals surface area contributed by atoms with E-state index in [2.05, 4.69) is 16.7 Å². The predicted molar refractivity (Wildman–Crippen MR) is 85.6 cm³/mol. The van der Waals surface area contributed by atoms with Crippen molar-refractivity contribution in [3.8, 4) is 6.07 Å². The molecule has 0 radical (unpaired) electrons. The number of imide groups is 1. The minimum atomic E-state index is -0.863. The molecular formula is C17H24N4O3. The van der Waals surface area contributed by atoms with E-state index in [4.69, 9.17) is 0 Å². The molecule has 3 rings (SSSR count). The summed E-state index contributed by atoms with van der Waals surface area (Å²) in [5.74, 6) is -0.732. The van der Waals surface area contributed by atoms with E-state index in [0.717, 1.165) is 43.4 Å². The second-order valence-electron chi connectivity index (χ2n) is 7.27. The maximum absolute atomic E-state index is 12.6. The van der Waals surface area contributed by atoms with Crippen molar-refractivity contribution in [2.24, 2.45) is 0 Å². The molecule has 2 N–H and O–H groups in total. The molecule has 3 aliphatic rings. The minimum Gasteiger partial charge on any atom is -0.336 e. The van der Waals surface area contributed by atoms with Gasteiger partial charge in [-0.2, -0.15) is 5.26 Å². The molecule has 7 nitrogen and oxygen atoms in total. The van der Waals surface area contributed by atoms with Crippen LogP contribution in [0.25, 0.3) is 0 Å². The lowest BCUT2D eigenvalue weighted by Crippen LogP contribution is -2.51. The number of hydrogen-bond acceptors (Lipinski definition) is 4. The van der Waals surface area contributed by atoms with Crippen LogP contribution in [0.5, 0.6) is 0 Å². The van der Waals surface area contributed by atoms with E-state index in [1.807, 2.05) is 0 Å². The molecule has 0 aromatic heterocycles. The molecule has 0 bridgehead atoms. The zero-order chi connectivity index (χ0) is 17.2. The fourth-order valence-corrected chi connectivity index (χ4v) is 4.18. The first-order chi connectivity index (χ1) is 11.5. The second-order valence-corrected chi connectivity index (χ2v) is 7.27. The molecule has 0 aromatic rings. The van der Waals surface area contributed by atoms with Crippen molar-refractivity contribution < 1.29 is 14.4 Å². The third-order valence-corrected chi connectivity index (χ3v) is 5.55. The van der Waals surface area contributed by atoms with Crippen molar-refractivity contribution in [2.75, 3.05) is 6.54 Å². The Labute approximate surface area is 141 Å². The van der Waals surface area contributed by atoms with E-state index in [1.54, 1.807) is 0 Å². The standard InChI is InChI=1S/C17H24N4O3/c18-12-16(7-3-1-2-4-8-16)19-13(22)11-21-14(23)17(20-15(21)24)9-5-6-10-17/h1-11H2,(H,19,22)(H,20,24). The average Bonchev–Trinajstić information content (AvgIpc) is 3.02. The lowest BCUT2D eigenvalue weighted by molar-refractivity contribution is -0.135. The van der Waals surface area contributed by atoms with Gasteiger partial charge < -0.3 is 10.6 Å². The summed E-state index contributed by atoms with van der Waals surface area (Å²) >= 11 is 0. The Kier molecular flexibility index (Phi) is 4.48. The molecule has 1 spiro atoms. The van der Waals surface area contributed by atoms with Gasteiger partial charge in [-0.3, -0.25) is 14.5 Å². The third-order valence-electron chi connectivity index (χ3n) is 5.55. The number of nitrogens with zero attached hydrogens (tertiary/aromatic N) is 2. The number of nitrogens with one attached hydrogen (secondary N) is 2. The van der Waals surface area contributed by atoms with Gasteiger partial charge in [0, 0.05) is 0 Å². The van der Waals surface area contributed by atoms with Gasteiger partial charge in [0.15, 0.2) is 0 Å². The van der Waals surface area contributed by atoms with Crippen molar-refractivity contribution in [2.45, 2.75) is 75.3 Å². The summed E-state index contributed by atoms with van der Waals surface area (Å²) in [5.41, 5.74) is -1.66. The van der Waals surface area contributed by atoms with Gasteiger partial charge in [-0.05, 0) is 25.7 Å². The van der Waals surface area contributed by atoms with Gasteiger partial charge in [-0.25, -0.2) is 4.79 Å². The molecule has 1 saturated heterocycles. The van der Waals surface area contributed by atoms with Gasteiger partial charge in [0.1, 0.15) is 17.6 Å². The van der Waals surface area contributed by atoms with Crippen LogP contribution in [0.3, 0.4) is 0 Å². The van der Waals surface area contributed by atoms with Crippen LogP contribution in [0.15, 0.2) is 0 Å². The van der Waals surface area contributed by atoms with Crippen LogP contribution >= 0.6 is 0 Å². The van der Waals surface area contributed by atoms with Crippen LogP contribution in [-0.4, -0.2) is 40.4 Å². The van der Waals surface area contributed by atoms with Gasteiger partial charge in [-0.1, -0.05) is 38.5 Å². The van der Waals surface area contributed by atoms with Crippen LogP contribution in [-0.2, 0) is 9.59 Å². The lowest BCUT2D eigenvalue weighted by atomic mass is 9.92. The fraction of sp³-hybridized carbons (Fsp3) is 0.765. The number of carbonyl (C=O) groups excluding carboxylic acids is 3. The summed E-state index contributed by atoms with van der Waals surface area (Å²) in [5, 5.41) is 15.1. The number of amides is 4. The Bertz CT molecular complexity index is 581. The van der Waals surface area contributed by atoms with Crippen molar-refractivity contribution in [1.82, 2.24) is 15.5 Å². The Morgan fingerprint density at radius 1 is 1.08 bits per heavy atom. The maximum atomic E-state index is 12.6. The Morgan fingerprint density at radius 3 is 2.25 bits per heavy atom. The number of nitriles is 1. The first-order valence-corrected chi connectivity index (χ1v) is 8.87. The average molecular weight is 332 g/mol. The smallest absolute Gasteiger partial charge is 0.325 e. The second kappa shape index (κ2) is 6.42. The molecule has 7 heteroatoms. The van der Waals surface area contributed by atoms with Crippen molar-refractivity contribution in [1.29, 1.82) is 5.26 Å². The van der Waals surface area contributed by atoms with Crippen LogP contribution < -0.4 is 10.6 Å². The molecule has 2 aliphatic carbocycles. The molecule has 1 heterocycles. The van der Waals surface area contributed by atoms with Gasteiger partial charge >= 0.3 is 6.03 Å². The quantitative estimate of drug-likeness (QED) is 0.605. The first-order valence-electron chi connectivity index (χ1n) is 8.87. The van der Waals surface area contributed by atoms with Crippen molar-refractivity contribution in [3.05, 3.63) is 0 Å². The summed E-state index contributed by atoms with van der Waals surface area (Å²) in [6.07, 6.45) is 8.27. The SMILES string of the molecule is N#CC1(NC(=O)CN2C(=O)NC3(CCCC3)C2=O)CCCCCC1. The van der Waals surface area contributed by atoms with E-state index in [1.165, 1.54) is 0 Å². The Morgan fingerprint density at radius 2 is 1.67 bits per heavy atom. The van der Waals surface area contributed by atoms with E-state index < -0.39 is 23.0 Å². The van der Waals surface area contributed by atoms with Gasteiger partial charge in [0.2, 0.25) is 5.91 Å². The molecule has 4 amide bonds. The van der Waals surface area contributed by atoms with Crippen LogP contribution in [0.2, 0.25) is 0 Å². The van der Waals surface area contributed by atoms with E-state index in [-0.39, 0.29) is 12.5 Å². The zero-order valence-electron chi connectivity index (χ0n) is 13.9. The Hall–Kier alpha value is -2.10. The van der Waals surface area contributed by atoms with Crippen LogP contribution in [0.1, 0.15) is 64.2 Å². The summed E-state index contributed by atoms with van der Waals surface area (Å²) in [6.45, 7) is -0.310. The van der Waals surface area contributed by atoms with Crippen LogP contribution in [0, 0.1) is 11.3 Å². The highest BCUT2D eigenvalue weighted by Gasteiger charge is 2.52. The molecule has 0 aromatic carbocycles. The lowest BCUT2D eigenvalue weighted by Gasteiger charge is -2.27. The van der Waals surface area contributed by atoms with Gasteiger partial charge in [0.25, 0.3) is 5.91 Å². The molecule has 3 fully saturated rings. The molecule has 24 heavy (non-hydrogen) atoms. The van der Waals surface area contributed by atoms with Crippen molar-refractivity contribution >= 4 is 17.8 Å². The Balaban J connectivity index is 1.65. The van der Waals surface area contributed by atoms with E-state index in [9.17, 15) is 19.6 Å². The third kappa shape index (κ3) is 2.97. The van der Waals surface area contributed by atoms with Gasteiger partial charge in [0.05, 0.1) is 6.07 Å².